The molecule has 1 aromatic rings. The summed E-state index contributed by atoms with van der Waals surface area (Å²) in [6.45, 7) is 2.59. The van der Waals surface area contributed by atoms with Gasteiger partial charge in [-0.1, -0.05) is 17.7 Å². The van der Waals surface area contributed by atoms with E-state index in [1.807, 2.05) is 6.92 Å². The Kier molecular flexibility index (Phi) is 5.16. The third kappa shape index (κ3) is 3.66. The molecule has 2 unspecified atom stereocenters. The molecule has 19 heavy (non-hydrogen) atoms. The molecule has 0 heterocycles. The van der Waals surface area contributed by atoms with Crippen molar-refractivity contribution in [3.8, 4) is 0 Å². The molecule has 1 aliphatic rings. The van der Waals surface area contributed by atoms with Crippen LogP contribution in [0.2, 0.25) is 5.02 Å². The number of hydrogen-bond acceptors (Lipinski definition) is 3. The van der Waals surface area contributed by atoms with Gasteiger partial charge in [0.05, 0.1) is 12.1 Å². The summed E-state index contributed by atoms with van der Waals surface area (Å²) >= 11 is 6.06. The Morgan fingerprint density at radius 1 is 1.53 bits per heavy atom. The Balaban J connectivity index is 2.13. The molecular formula is C14H20ClFN2O. The van der Waals surface area contributed by atoms with E-state index in [9.17, 15) is 4.39 Å². The predicted octanol–water partition coefficient (Wildman–Crippen LogP) is 2.67. The number of rotatable bonds is 7. The number of halogens is 2. The van der Waals surface area contributed by atoms with Gasteiger partial charge in [-0.05, 0) is 44.2 Å². The Bertz CT molecular complexity index is 406. The Labute approximate surface area is 118 Å². The first-order valence-corrected chi connectivity index (χ1v) is 7.05. The fourth-order valence-corrected chi connectivity index (χ4v) is 2.66. The summed E-state index contributed by atoms with van der Waals surface area (Å²) in [6.07, 6.45) is 2.75. The lowest BCUT2D eigenvalue weighted by Gasteiger charge is -2.27. The normalized spacial score (nSPS) is 18.3. The topological polar surface area (TPSA) is 47.3 Å². The van der Waals surface area contributed by atoms with Crippen molar-refractivity contribution < 1.29 is 9.13 Å². The number of nitrogens with two attached hydrogens (primary N) is 1. The molecule has 0 aromatic heterocycles. The third-order valence-corrected chi connectivity index (χ3v) is 3.90. The zero-order valence-electron chi connectivity index (χ0n) is 11.0. The van der Waals surface area contributed by atoms with Gasteiger partial charge in [-0.3, -0.25) is 11.3 Å². The van der Waals surface area contributed by atoms with Crippen LogP contribution in [-0.2, 0) is 11.2 Å². The third-order valence-electron chi connectivity index (χ3n) is 3.54. The van der Waals surface area contributed by atoms with Crippen molar-refractivity contribution in [2.24, 2.45) is 11.8 Å². The highest BCUT2D eigenvalue weighted by atomic mass is 35.5. The standard InChI is InChI=1S/C14H20ClFN2O/c1-2-19-14(9-6-7-9)13(18-17)8-10-11(15)4-3-5-12(10)16/h3-5,9,13-14,18H,2,6-8,17H2,1H3. The molecule has 0 amide bonds. The summed E-state index contributed by atoms with van der Waals surface area (Å²) in [4.78, 5) is 0. The van der Waals surface area contributed by atoms with E-state index in [0.29, 0.717) is 29.5 Å². The summed E-state index contributed by atoms with van der Waals surface area (Å²) in [5, 5.41) is 0.436. The van der Waals surface area contributed by atoms with Gasteiger partial charge in [0.25, 0.3) is 0 Å². The van der Waals surface area contributed by atoms with Crippen LogP contribution >= 0.6 is 11.6 Å². The molecule has 0 aliphatic heterocycles. The molecule has 0 bridgehead atoms. The fourth-order valence-electron chi connectivity index (χ4n) is 2.42. The second kappa shape index (κ2) is 6.66. The van der Waals surface area contributed by atoms with Crippen molar-refractivity contribution in [3.63, 3.8) is 0 Å². The minimum atomic E-state index is -0.293. The molecule has 0 saturated heterocycles. The van der Waals surface area contributed by atoms with E-state index in [0.717, 1.165) is 12.8 Å². The van der Waals surface area contributed by atoms with Crippen molar-refractivity contribution in [1.29, 1.82) is 0 Å². The number of ether oxygens (including phenoxy) is 1. The molecule has 1 aromatic carbocycles. The molecule has 2 atom stereocenters. The summed E-state index contributed by atoms with van der Waals surface area (Å²) in [5.74, 6) is 5.85. The number of benzene rings is 1. The molecule has 1 fully saturated rings. The van der Waals surface area contributed by atoms with Gasteiger partial charge in [0.15, 0.2) is 0 Å². The quantitative estimate of drug-likeness (QED) is 0.598. The lowest BCUT2D eigenvalue weighted by atomic mass is 9.98. The molecule has 1 aliphatic carbocycles. The highest BCUT2D eigenvalue weighted by Gasteiger charge is 2.37. The molecule has 0 radical (unpaired) electrons. The first-order valence-electron chi connectivity index (χ1n) is 6.68. The number of nitrogens with one attached hydrogen (secondary N) is 1. The summed E-state index contributed by atoms with van der Waals surface area (Å²) in [7, 11) is 0. The van der Waals surface area contributed by atoms with Crippen molar-refractivity contribution in [2.75, 3.05) is 6.61 Å². The smallest absolute Gasteiger partial charge is 0.127 e. The van der Waals surface area contributed by atoms with Gasteiger partial charge in [0.2, 0.25) is 0 Å². The number of hydrogen-bond donors (Lipinski definition) is 2. The molecule has 106 valence electrons. The van der Waals surface area contributed by atoms with Crippen LogP contribution in [0.1, 0.15) is 25.3 Å². The summed E-state index contributed by atoms with van der Waals surface area (Å²) < 4.78 is 19.6. The lowest BCUT2D eigenvalue weighted by molar-refractivity contribution is 0.0190. The van der Waals surface area contributed by atoms with Crippen molar-refractivity contribution in [1.82, 2.24) is 5.43 Å². The molecule has 3 N–H and O–H groups in total. The van der Waals surface area contributed by atoms with E-state index >= 15 is 0 Å². The van der Waals surface area contributed by atoms with Crippen LogP contribution in [0.25, 0.3) is 0 Å². The monoisotopic (exact) mass is 286 g/mol. The van der Waals surface area contributed by atoms with E-state index in [4.69, 9.17) is 22.2 Å². The minimum absolute atomic E-state index is 0.0191. The van der Waals surface area contributed by atoms with E-state index in [1.54, 1.807) is 12.1 Å². The molecule has 2 rings (SSSR count). The van der Waals surface area contributed by atoms with Gasteiger partial charge >= 0.3 is 0 Å². The maximum absolute atomic E-state index is 13.8. The second-order valence-corrected chi connectivity index (χ2v) is 5.34. The van der Waals surface area contributed by atoms with Gasteiger partial charge in [-0.25, -0.2) is 4.39 Å². The minimum Gasteiger partial charge on any atom is -0.377 e. The molecule has 5 heteroatoms. The first-order chi connectivity index (χ1) is 9.17. The highest BCUT2D eigenvalue weighted by Crippen LogP contribution is 2.37. The molecular weight excluding hydrogens is 267 g/mol. The van der Waals surface area contributed by atoms with Crippen LogP contribution in [-0.4, -0.2) is 18.8 Å². The van der Waals surface area contributed by atoms with E-state index in [1.165, 1.54) is 6.07 Å². The van der Waals surface area contributed by atoms with Gasteiger partial charge < -0.3 is 4.74 Å². The largest absolute Gasteiger partial charge is 0.377 e. The first kappa shape index (κ1) is 14.7. The molecule has 1 saturated carbocycles. The van der Waals surface area contributed by atoms with Gasteiger partial charge in [-0.2, -0.15) is 0 Å². The summed E-state index contributed by atoms with van der Waals surface area (Å²) in [5.41, 5.74) is 3.26. The van der Waals surface area contributed by atoms with E-state index in [2.05, 4.69) is 5.43 Å². The molecule has 0 spiro atoms. The Morgan fingerprint density at radius 3 is 2.79 bits per heavy atom. The van der Waals surface area contributed by atoms with Crippen LogP contribution in [0.15, 0.2) is 18.2 Å². The van der Waals surface area contributed by atoms with Crippen LogP contribution in [0.5, 0.6) is 0 Å². The van der Waals surface area contributed by atoms with Crippen LogP contribution in [0.3, 0.4) is 0 Å². The van der Waals surface area contributed by atoms with E-state index < -0.39 is 0 Å². The van der Waals surface area contributed by atoms with Crippen molar-refractivity contribution in [2.45, 2.75) is 38.3 Å². The average Bonchev–Trinajstić information content (AvgIpc) is 3.21. The van der Waals surface area contributed by atoms with Gasteiger partial charge in [0.1, 0.15) is 5.82 Å². The zero-order valence-corrected chi connectivity index (χ0v) is 11.8. The maximum Gasteiger partial charge on any atom is 0.127 e. The summed E-state index contributed by atoms with van der Waals surface area (Å²) in [6, 6.07) is 4.59. The zero-order chi connectivity index (χ0) is 13.8. The van der Waals surface area contributed by atoms with Gasteiger partial charge in [0, 0.05) is 17.2 Å². The van der Waals surface area contributed by atoms with Crippen LogP contribution in [0.4, 0.5) is 4.39 Å². The van der Waals surface area contributed by atoms with E-state index in [-0.39, 0.29) is 18.0 Å². The fraction of sp³-hybridized carbons (Fsp3) is 0.571. The maximum atomic E-state index is 13.8. The van der Waals surface area contributed by atoms with Gasteiger partial charge in [-0.15, -0.1) is 0 Å². The highest BCUT2D eigenvalue weighted by molar-refractivity contribution is 6.31. The second-order valence-electron chi connectivity index (χ2n) is 4.93. The SMILES string of the molecule is CCOC(C1CC1)C(Cc1c(F)cccc1Cl)NN. The Morgan fingerprint density at radius 2 is 2.26 bits per heavy atom. The van der Waals surface area contributed by atoms with Crippen molar-refractivity contribution in [3.05, 3.63) is 34.6 Å². The van der Waals surface area contributed by atoms with Crippen molar-refractivity contribution >= 4 is 11.6 Å². The van der Waals surface area contributed by atoms with Crippen LogP contribution < -0.4 is 11.3 Å². The Hall–Kier alpha value is -0.680. The average molecular weight is 287 g/mol. The lowest BCUT2D eigenvalue weighted by Crippen LogP contribution is -2.47. The number of hydrazine groups is 1. The predicted molar refractivity (Wildman–Crippen MR) is 74.4 cm³/mol. The molecule has 3 nitrogen and oxygen atoms in total. The van der Waals surface area contributed by atoms with Crippen LogP contribution in [0, 0.1) is 11.7 Å².